The summed E-state index contributed by atoms with van der Waals surface area (Å²) in [5.41, 5.74) is 9.83. The van der Waals surface area contributed by atoms with Gasteiger partial charge < -0.3 is 11.1 Å². The van der Waals surface area contributed by atoms with Gasteiger partial charge in [0.25, 0.3) is 0 Å². The van der Waals surface area contributed by atoms with Crippen molar-refractivity contribution >= 4 is 22.9 Å². The van der Waals surface area contributed by atoms with Crippen molar-refractivity contribution in [2.75, 3.05) is 5.32 Å². The maximum absolute atomic E-state index is 5.88. The Morgan fingerprint density at radius 1 is 1.32 bits per heavy atom. The lowest BCUT2D eigenvalue weighted by molar-refractivity contribution is 0.567. The van der Waals surface area contributed by atoms with E-state index in [1.165, 1.54) is 25.7 Å². The quantitative estimate of drug-likeness (QED) is 0.811. The van der Waals surface area contributed by atoms with E-state index in [1.807, 2.05) is 13.8 Å². The molecule has 0 unspecified atom stereocenters. The number of nitrogens with zero attached hydrogens (tertiary/aromatic N) is 1. The average Bonchev–Trinajstić information content (AvgIpc) is 3.17. The number of hydrogen-bond acceptors (Lipinski definition) is 3. The van der Waals surface area contributed by atoms with E-state index in [9.17, 15) is 0 Å². The zero-order valence-corrected chi connectivity index (χ0v) is 12.4. The second-order valence-electron chi connectivity index (χ2n) is 5.98. The molecular weight excluding hydrogens is 254 g/mol. The average molecular weight is 275 g/mol. The van der Waals surface area contributed by atoms with Crippen molar-refractivity contribution in [1.29, 1.82) is 0 Å². The Balaban J connectivity index is 1.91. The van der Waals surface area contributed by atoms with Gasteiger partial charge in [-0.3, -0.25) is 4.98 Å². The molecule has 2 saturated carbocycles. The van der Waals surface area contributed by atoms with Crippen LogP contribution in [-0.2, 0) is 0 Å². The maximum Gasteiger partial charge on any atom is 0.107 e. The standard InChI is InChI=1S/C15H21N3S/c1-8-7-12(13(15(16)19)9(2)17-8)18-14(10-3-4-10)11-5-6-11/h7,10-11,14H,3-6H2,1-2H3,(H2,16,19)(H,17,18). The highest BCUT2D eigenvalue weighted by atomic mass is 32.1. The van der Waals surface area contributed by atoms with Crippen molar-refractivity contribution in [3.8, 4) is 0 Å². The second-order valence-corrected chi connectivity index (χ2v) is 6.42. The van der Waals surface area contributed by atoms with Crippen molar-refractivity contribution in [2.24, 2.45) is 17.6 Å². The van der Waals surface area contributed by atoms with Crippen LogP contribution in [-0.4, -0.2) is 16.0 Å². The molecule has 4 heteroatoms. The smallest absolute Gasteiger partial charge is 0.107 e. The van der Waals surface area contributed by atoms with Gasteiger partial charge in [0.05, 0.1) is 5.56 Å². The SMILES string of the molecule is Cc1cc(NC(C2CC2)C2CC2)c(C(N)=S)c(C)n1. The predicted octanol–water partition coefficient (Wildman–Crippen LogP) is 2.93. The van der Waals surface area contributed by atoms with E-state index < -0.39 is 0 Å². The molecule has 0 radical (unpaired) electrons. The van der Waals surface area contributed by atoms with Crippen molar-refractivity contribution in [1.82, 2.24) is 4.98 Å². The third kappa shape index (κ3) is 2.73. The molecule has 0 aromatic carbocycles. The van der Waals surface area contributed by atoms with Crippen LogP contribution in [0.2, 0.25) is 0 Å². The first-order chi connectivity index (χ1) is 9.06. The number of aryl methyl sites for hydroxylation is 2. The van der Waals surface area contributed by atoms with Crippen LogP contribution in [0.3, 0.4) is 0 Å². The lowest BCUT2D eigenvalue weighted by Crippen LogP contribution is -2.27. The van der Waals surface area contributed by atoms with Gasteiger partial charge in [0.15, 0.2) is 0 Å². The van der Waals surface area contributed by atoms with Crippen LogP contribution >= 0.6 is 12.2 Å². The Labute approximate surface area is 120 Å². The zero-order chi connectivity index (χ0) is 13.6. The van der Waals surface area contributed by atoms with E-state index in [1.54, 1.807) is 0 Å². The highest BCUT2D eigenvalue weighted by molar-refractivity contribution is 7.80. The summed E-state index contributed by atoms with van der Waals surface area (Å²) in [5, 5.41) is 3.73. The first-order valence-corrected chi connectivity index (χ1v) is 7.51. The van der Waals surface area contributed by atoms with Gasteiger partial charge in [0.2, 0.25) is 0 Å². The lowest BCUT2D eigenvalue weighted by atomic mass is 10.0. The number of pyridine rings is 1. The molecule has 2 aliphatic carbocycles. The molecule has 1 heterocycles. The van der Waals surface area contributed by atoms with Gasteiger partial charge in [-0.05, 0) is 57.4 Å². The molecule has 0 amide bonds. The summed E-state index contributed by atoms with van der Waals surface area (Å²) in [4.78, 5) is 4.92. The number of nitrogens with two attached hydrogens (primary N) is 1. The van der Waals surface area contributed by atoms with Gasteiger partial charge in [-0.1, -0.05) is 12.2 Å². The fraction of sp³-hybridized carbons (Fsp3) is 0.600. The van der Waals surface area contributed by atoms with Gasteiger partial charge >= 0.3 is 0 Å². The molecular formula is C15H21N3S. The van der Waals surface area contributed by atoms with E-state index in [-0.39, 0.29) is 0 Å². The number of anilines is 1. The van der Waals surface area contributed by atoms with Crippen LogP contribution < -0.4 is 11.1 Å². The summed E-state index contributed by atoms with van der Waals surface area (Å²) >= 11 is 5.19. The summed E-state index contributed by atoms with van der Waals surface area (Å²) in [6.45, 7) is 4.00. The van der Waals surface area contributed by atoms with Crippen molar-refractivity contribution in [2.45, 2.75) is 45.6 Å². The van der Waals surface area contributed by atoms with Gasteiger partial charge in [-0.25, -0.2) is 0 Å². The van der Waals surface area contributed by atoms with Crippen LogP contribution in [0, 0.1) is 25.7 Å². The molecule has 1 aromatic heterocycles. The Bertz CT molecular complexity index is 506. The van der Waals surface area contributed by atoms with Gasteiger partial charge in [0, 0.05) is 23.1 Å². The summed E-state index contributed by atoms with van der Waals surface area (Å²) < 4.78 is 0. The number of nitrogens with one attached hydrogen (secondary N) is 1. The Morgan fingerprint density at radius 2 is 1.89 bits per heavy atom. The van der Waals surface area contributed by atoms with Crippen LogP contribution in [0.5, 0.6) is 0 Å². The van der Waals surface area contributed by atoms with Gasteiger partial charge in [-0.15, -0.1) is 0 Å². The third-order valence-electron chi connectivity index (χ3n) is 4.16. The molecule has 0 aliphatic heterocycles. The summed E-state index contributed by atoms with van der Waals surface area (Å²) in [6, 6.07) is 2.69. The number of aromatic nitrogens is 1. The molecule has 0 bridgehead atoms. The highest BCUT2D eigenvalue weighted by Gasteiger charge is 2.41. The summed E-state index contributed by atoms with van der Waals surface area (Å²) in [7, 11) is 0. The minimum Gasteiger partial charge on any atom is -0.389 e. The largest absolute Gasteiger partial charge is 0.389 e. The fourth-order valence-corrected chi connectivity index (χ4v) is 3.22. The topological polar surface area (TPSA) is 50.9 Å². The van der Waals surface area contributed by atoms with Crippen molar-refractivity contribution in [3.05, 3.63) is 23.0 Å². The van der Waals surface area contributed by atoms with E-state index in [0.717, 1.165) is 34.5 Å². The number of hydrogen-bond donors (Lipinski definition) is 2. The summed E-state index contributed by atoms with van der Waals surface area (Å²) in [6.07, 6.45) is 5.44. The highest BCUT2D eigenvalue weighted by Crippen LogP contribution is 2.46. The zero-order valence-electron chi connectivity index (χ0n) is 11.6. The minimum atomic E-state index is 0.442. The first-order valence-electron chi connectivity index (χ1n) is 7.11. The fourth-order valence-electron chi connectivity index (χ4n) is 2.96. The van der Waals surface area contributed by atoms with E-state index in [0.29, 0.717) is 11.0 Å². The minimum absolute atomic E-state index is 0.442. The molecule has 2 aliphatic rings. The van der Waals surface area contributed by atoms with Gasteiger partial charge in [0.1, 0.15) is 4.99 Å². The molecule has 19 heavy (non-hydrogen) atoms. The van der Waals surface area contributed by atoms with Crippen LogP contribution in [0.15, 0.2) is 6.07 Å². The first kappa shape index (κ1) is 12.9. The molecule has 3 nitrogen and oxygen atoms in total. The van der Waals surface area contributed by atoms with Crippen LogP contribution in [0.4, 0.5) is 5.69 Å². The molecule has 0 spiro atoms. The maximum atomic E-state index is 5.88. The number of rotatable bonds is 5. The molecule has 3 rings (SSSR count). The molecule has 0 saturated heterocycles. The third-order valence-corrected chi connectivity index (χ3v) is 4.36. The molecule has 1 aromatic rings. The predicted molar refractivity (Wildman–Crippen MR) is 82.5 cm³/mol. The van der Waals surface area contributed by atoms with E-state index in [4.69, 9.17) is 18.0 Å². The Hall–Kier alpha value is -1.16. The lowest BCUT2D eigenvalue weighted by Gasteiger charge is -2.22. The molecule has 102 valence electrons. The monoisotopic (exact) mass is 275 g/mol. The van der Waals surface area contributed by atoms with Crippen molar-refractivity contribution < 1.29 is 0 Å². The molecule has 3 N–H and O–H groups in total. The van der Waals surface area contributed by atoms with Gasteiger partial charge in [-0.2, -0.15) is 0 Å². The molecule has 2 fully saturated rings. The van der Waals surface area contributed by atoms with Crippen LogP contribution in [0.1, 0.15) is 42.6 Å². The molecule has 0 atom stereocenters. The Kier molecular flexibility index (Phi) is 3.21. The van der Waals surface area contributed by atoms with Crippen LogP contribution in [0.25, 0.3) is 0 Å². The second kappa shape index (κ2) is 4.75. The van der Waals surface area contributed by atoms with E-state index >= 15 is 0 Å². The number of thiocarbonyl (C=S) groups is 1. The van der Waals surface area contributed by atoms with E-state index in [2.05, 4.69) is 16.4 Å². The van der Waals surface area contributed by atoms with Crippen molar-refractivity contribution in [3.63, 3.8) is 0 Å². The normalized spacial score (nSPS) is 18.7. The summed E-state index contributed by atoms with van der Waals surface area (Å²) in [5.74, 6) is 1.70. The Morgan fingerprint density at radius 3 is 2.37 bits per heavy atom.